The van der Waals surface area contributed by atoms with Crippen LogP contribution in [0.2, 0.25) is 0 Å². The molecule has 0 aliphatic carbocycles. The highest BCUT2D eigenvalue weighted by Gasteiger charge is 1.92. The molecule has 0 aliphatic heterocycles. The van der Waals surface area contributed by atoms with Crippen LogP contribution in [-0.4, -0.2) is 0 Å². The van der Waals surface area contributed by atoms with Crippen LogP contribution in [0.25, 0.3) is 0 Å². The quantitative estimate of drug-likeness (QED) is 0.393. The maximum absolute atomic E-state index is 3.77. The first-order valence-corrected chi connectivity index (χ1v) is 5.30. The Morgan fingerprint density at radius 3 is 2.62 bits per heavy atom. The molecule has 0 rings (SSSR count). The van der Waals surface area contributed by atoms with Gasteiger partial charge in [0.05, 0.1) is 0 Å². The van der Waals surface area contributed by atoms with E-state index in [1.165, 1.54) is 24.8 Å². The zero-order valence-electron chi connectivity index (χ0n) is 9.05. The van der Waals surface area contributed by atoms with Crippen LogP contribution in [0.4, 0.5) is 0 Å². The lowest BCUT2D eigenvalue weighted by Crippen LogP contribution is -1.81. The standard InChI is InChI=1S/C13H22/c1-4-7-9-12-13(10-6-3)11-8-5-2/h6-7,9,12H,3-5,8,10-11H2,1-2H3. The van der Waals surface area contributed by atoms with Crippen molar-refractivity contribution in [1.29, 1.82) is 0 Å². The van der Waals surface area contributed by atoms with E-state index >= 15 is 0 Å². The highest BCUT2D eigenvalue weighted by Crippen LogP contribution is 2.12. The van der Waals surface area contributed by atoms with E-state index in [0.29, 0.717) is 0 Å². The summed E-state index contributed by atoms with van der Waals surface area (Å²) in [4.78, 5) is 0. The summed E-state index contributed by atoms with van der Waals surface area (Å²) in [7, 11) is 0. The minimum atomic E-state index is 1.04. The molecule has 0 aromatic carbocycles. The van der Waals surface area contributed by atoms with Crippen LogP contribution in [0.1, 0.15) is 46.0 Å². The summed E-state index contributed by atoms with van der Waals surface area (Å²) in [5.41, 5.74) is 1.50. The molecule has 0 nitrogen and oxygen atoms in total. The van der Waals surface area contributed by atoms with Crippen molar-refractivity contribution in [2.24, 2.45) is 0 Å². The monoisotopic (exact) mass is 178 g/mol. The average Bonchev–Trinajstić information content (AvgIpc) is 2.14. The molecular formula is C13H22. The predicted molar refractivity (Wildman–Crippen MR) is 61.9 cm³/mol. The van der Waals surface area contributed by atoms with Crippen LogP contribution in [0.3, 0.4) is 0 Å². The van der Waals surface area contributed by atoms with Crippen molar-refractivity contribution in [3.8, 4) is 0 Å². The summed E-state index contributed by atoms with van der Waals surface area (Å²) in [6, 6.07) is 0. The molecule has 0 atom stereocenters. The maximum Gasteiger partial charge on any atom is -0.0138 e. The van der Waals surface area contributed by atoms with Crippen molar-refractivity contribution in [1.82, 2.24) is 0 Å². The molecule has 0 fully saturated rings. The number of unbranched alkanes of at least 4 members (excludes halogenated alkanes) is 1. The van der Waals surface area contributed by atoms with E-state index in [2.05, 4.69) is 38.7 Å². The molecule has 0 N–H and O–H groups in total. The minimum absolute atomic E-state index is 1.04. The van der Waals surface area contributed by atoms with Gasteiger partial charge in [-0.2, -0.15) is 0 Å². The van der Waals surface area contributed by atoms with Gasteiger partial charge in [-0.3, -0.25) is 0 Å². The van der Waals surface area contributed by atoms with Gasteiger partial charge in [0.1, 0.15) is 0 Å². The van der Waals surface area contributed by atoms with Gasteiger partial charge < -0.3 is 0 Å². The molecule has 0 aliphatic rings. The fourth-order valence-corrected chi connectivity index (χ4v) is 1.18. The van der Waals surface area contributed by atoms with Crippen LogP contribution in [0, 0.1) is 0 Å². The van der Waals surface area contributed by atoms with Gasteiger partial charge in [0.25, 0.3) is 0 Å². The van der Waals surface area contributed by atoms with E-state index in [1.54, 1.807) is 0 Å². The third-order valence-electron chi connectivity index (χ3n) is 1.96. The molecule has 0 heterocycles. The molecule has 0 amide bonds. The van der Waals surface area contributed by atoms with Gasteiger partial charge in [-0.15, -0.1) is 6.58 Å². The van der Waals surface area contributed by atoms with E-state index in [1.807, 2.05) is 6.08 Å². The average molecular weight is 178 g/mol. The van der Waals surface area contributed by atoms with E-state index in [-0.39, 0.29) is 0 Å². The van der Waals surface area contributed by atoms with Crippen molar-refractivity contribution in [2.75, 3.05) is 0 Å². The molecule has 0 saturated carbocycles. The zero-order valence-corrected chi connectivity index (χ0v) is 9.05. The molecule has 0 aromatic rings. The Hall–Kier alpha value is -0.780. The maximum atomic E-state index is 3.77. The van der Waals surface area contributed by atoms with E-state index in [0.717, 1.165) is 12.8 Å². The van der Waals surface area contributed by atoms with E-state index < -0.39 is 0 Å². The second-order valence-corrected chi connectivity index (χ2v) is 3.26. The first-order chi connectivity index (χ1) is 6.35. The first kappa shape index (κ1) is 12.2. The van der Waals surface area contributed by atoms with Crippen LogP contribution >= 0.6 is 0 Å². The summed E-state index contributed by atoms with van der Waals surface area (Å²) in [6.45, 7) is 8.16. The van der Waals surface area contributed by atoms with Crippen LogP contribution in [-0.2, 0) is 0 Å². The van der Waals surface area contributed by atoms with Crippen molar-refractivity contribution in [3.63, 3.8) is 0 Å². The Kier molecular flexibility index (Phi) is 8.75. The highest BCUT2D eigenvalue weighted by atomic mass is 14.0. The molecule has 0 aromatic heterocycles. The molecule has 0 unspecified atom stereocenters. The van der Waals surface area contributed by atoms with Gasteiger partial charge in [0.2, 0.25) is 0 Å². The third kappa shape index (κ3) is 7.58. The smallest absolute Gasteiger partial charge is 0.0138 e. The van der Waals surface area contributed by atoms with Gasteiger partial charge in [-0.1, -0.05) is 50.1 Å². The first-order valence-electron chi connectivity index (χ1n) is 5.30. The number of rotatable bonds is 7. The summed E-state index contributed by atoms with van der Waals surface area (Å²) in [6.07, 6.45) is 14.5. The molecule has 13 heavy (non-hydrogen) atoms. The second kappa shape index (κ2) is 9.31. The Morgan fingerprint density at radius 1 is 1.31 bits per heavy atom. The molecular weight excluding hydrogens is 156 g/mol. The number of hydrogen-bond acceptors (Lipinski definition) is 0. The second-order valence-electron chi connectivity index (χ2n) is 3.26. The van der Waals surface area contributed by atoms with E-state index in [9.17, 15) is 0 Å². The third-order valence-corrected chi connectivity index (χ3v) is 1.96. The molecule has 74 valence electrons. The number of allylic oxidation sites excluding steroid dienone is 5. The SMILES string of the molecule is C=CCC(=CC=CCC)CCCC. The van der Waals surface area contributed by atoms with E-state index in [4.69, 9.17) is 0 Å². The summed E-state index contributed by atoms with van der Waals surface area (Å²) in [5, 5.41) is 0. The zero-order chi connectivity index (χ0) is 9.94. The fourth-order valence-electron chi connectivity index (χ4n) is 1.18. The van der Waals surface area contributed by atoms with Gasteiger partial charge in [0.15, 0.2) is 0 Å². The molecule has 0 bridgehead atoms. The predicted octanol–water partition coefficient (Wildman–Crippen LogP) is 4.65. The normalized spacial score (nSPS) is 12.3. The van der Waals surface area contributed by atoms with Crippen molar-refractivity contribution in [3.05, 3.63) is 36.5 Å². The van der Waals surface area contributed by atoms with Crippen molar-refractivity contribution in [2.45, 2.75) is 46.0 Å². The van der Waals surface area contributed by atoms with Gasteiger partial charge in [-0.05, 0) is 25.7 Å². The van der Waals surface area contributed by atoms with Crippen LogP contribution < -0.4 is 0 Å². The summed E-state index contributed by atoms with van der Waals surface area (Å²) < 4.78 is 0. The van der Waals surface area contributed by atoms with Crippen molar-refractivity contribution < 1.29 is 0 Å². The molecule has 0 radical (unpaired) electrons. The Labute approximate surface area is 83.0 Å². The molecule has 0 heteroatoms. The summed E-state index contributed by atoms with van der Waals surface area (Å²) >= 11 is 0. The van der Waals surface area contributed by atoms with Gasteiger partial charge in [-0.25, -0.2) is 0 Å². The molecule has 0 saturated heterocycles. The van der Waals surface area contributed by atoms with Crippen molar-refractivity contribution >= 4 is 0 Å². The highest BCUT2D eigenvalue weighted by molar-refractivity contribution is 5.14. The molecule has 0 spiro atoms. The minimum Gasteiger partial charge on any atom is -0.103 e. The lowest BCUT2D eigenvalue weighted by molar-refractivity contribution is 0.776. The Morgan fingerprint density at radius 2 is 2.08 bits per heavy atom. The number of hydrogen-bond donors (Lipinski definition) is 0. The van der Waals surface area contributed by atoms with Gasteiger partial charge >= 0.3 is 0 Å². The lowest BCUT2D eigenvalue weighted by atomic mass is 10.1. The Bertz CT molecular complexity index is 172. The van der Waals surface area contributed by atoms with Crippen LogP contribution in [0.5, 0.6) is 0 Å². The Balaban J connectivity index is 3.97. The largest absolute Gasteiger partial charge is 0.103 e. The summed E-state index contributed by atoms with van der Waals surface area (Å²) in [5.74, 6) is 0. The topological polar surface area (TPSA) is 0 Å². The van der Waals surface area contributed by atoms with Crippen LogP contribution in [0.15, 0.2) is 36.5 Å². The fraction of sp³-hybridized carbons (Fsp3) is 0.538. The van der Waals surface area contributed by atoms with Gasteiger partial charge in [0, 0.05) is 0 Å². The lowest BCUT2D eigenvalue weighted by Gasteiger charge is -2.01.